The monoisotopic (exact) mass is 189 g/mol. The third kappa shape index (κ3) is 1.09. The number of hydrogen-bond acceptors (Lipinski definition) is 2. The van der Waals surface area contributed by atoms with E-state index >= 15 is 0 Å². The molecule has 0 aliphatic heterocycles. The molecule has 0 bridgehead atoms. The number of rotatable bonds is 0. The molecule has 3 heteroatoms. The molecule has 72 valence electrons. The number of phenolic OH excluding ortho intramolecular Hbond substituents is 1. The van der Waals surface area contributed by atoms with Gasteiger partial charge in [0.25, 0.3) is 5.52 Å². The van der Waals surface area contributed by atoms with E-state index in [2.05, 4.69) is 0 Å². The molecule has 0 amide bonds. The highest BCUT2D eigenvalue weighted by Crippen LogP contribution is 2.27. The topological polar surface area (TPSA) is 47.2 Å². The van der Waals surface area contributed by atoms with Gasteiger partial charge in [0.2, 0.25) is 0 Å². The normalized spacial score (nSPS) is 10.7. The first kappa shape index (κ1) is 8.81. The molecule has 14 heavy (non-hydrogen) atoms. The molecule has 0 atom stereocenters. The van der Waals surface area contributed by atoms with Crippen molar-refractivity contribution in [1.29, 1.82) is 0 Å². The van der Waals surface area contributed by atoms with Gasteiger partial charge in [-0.25, -0.2) is 0 Å². The second-order valence-electron chi connectivity index (χ2n) is 3.46. The minimum absolute atomic E-state index is 0.0706. The molecule has 1 heterocycles. The molecule has 1 N–H and O–H groups in total. The molecule has 0 aliphatic carbocycles. The van der Waals surface area contributed by atoms with E-state index in [0.717, 1.165) is 16.5 Å². The van der Waals surface area contributed by atoms with Crippen LogP contribution in [0.25, 0.3) is 10.9 Å². The second kappa shape index (κ2) is 2.87. The quantitative estimate of drug-likeness (QED) is 0.507. The first-order valence-electron chi connectivity index (χ1n) is 4.42. The van der Waals surface area contributed by atoms with E-state index in [1.807, 2.05) is 19.1 Å². The summed E-state index contributed by atoms with van der Waals surface area (Å²) >= 11 is 0. The smallest absolute Gasteiger partial charge is 0.266 e. The number of benzene rings is 1. The lowest BCUT2D eigenvalue weighted by Gasteiger charge is -2.07. The Morgan fingerprint density at radius 2 is 2.00 bits per heavy atom. The van der Waals surface area contributed by atoms with E-state index in [0.29, 0.717) is 10.2 Å². The molecular weight excluding hydrogens is 178 g/mol. The fraction of sp³-hybridized carbons (Fsp3) is 0.182. The van der Waals surface area contributed by atoms with Gasteiger partial charge in [0.05, 0.1) is 5.39 Å². The molecule has 2 aromatic rings. The van der Waals surface area contributed by atoms with E-state index in [-0.39, 0.29) is 5.75 Å². The molecule has 1 aromatic carbocycles. The van der Waals surface area contributed by atoms with Gasteiger partial charge < -0.3 is 10.3 Å². The predicted octanol–water partition coefficient (Wildman–Crippen LogP) is 1.80. The highest BCUT2D eigenvalue weighted by Gasteiger charge is 2.13. The number of fused-ring (bicyclic) bond motifs is 1. The number of aromatic nitrogens is 1. The second-order valence-corrected chi connectivity index (χ2v) is 3.46. The Morgan fingerprint density at radius 1 is 1.29 bits per heavy atom. The Kier molecular flexibility index (Phi) is 1.81. The zero-order chi connectivity index (χ0) is 10.3. The van der Waals surface area contributed by atoms with Crippen LogP contribution in [0, 0.1) is 19.1 Å². The fourth-order valence-corrected chi connectivity index (χ4v) is 1.70. The summed E-state index contributed by atoms with van der Waals surface area (Å²) in [5.41, 5.74) is 2.08. The summed E-state index contributed by atoms with van der Waals surface area (Å²) < 4.78 is 0.699. The third-order valence-corrected chi connectivity index (χ3v) is 2.42. The Bertz CT molecular complexity index is 506. The van der Waals surface area contributed by atoms with Crippen molar-refractivity contribution in [3.05, 3.63) is 40.7 Å². The average Bonchev–Trinajstić information content (AvgIpc) is 2.14. The van der Waals surface area contributed by atoms with Gasteiger partial charge in [-0.15, -0.1) is 0 Å². The Balaban J connectivity index is 3.03. The summed E-state index contributed by atoms with van der Waals surface area (Å²) in [6.07, 6.45) is 1.39. The lowest BCUT2D eigenvalue weighted by Crippen LogP contribution is -2.26. The van der Waals surface area contributed by atoms with Crippen LogP contribution in [-0.2, 0) is 0 Å². The molecule has 0 radical (unpaired) electrons. The van der Waals surface area contributed by atoms with E-state index in [4.69, 9.17) is 0 Å². The Hall–Kier alpha value is -1.77. The van der Waals surface area contributed by atoms with Crippen LogP contribution >= 0.6 is 0 Å². The van der Waals surface area contributed by atoms with Crippen LogP contribution in [0.4, 0.5) is 0 Å². The van der Waals surface area contributed by atoms with E-state index in [9.17, 15) is 10.3 Å². The number of hydrogen-bond donors (Lipinski definition) is 1. The van der Waals surface area contributed by atoms with Crippen LogP contribution in [0.3, 0.4) is 0 Å². The largest absolute Gasteiger partial charge is 0.618 e. The number of aryl methyl sites for hydroxylation is 2. The van der Waals surface area contributed by atoms with Crippen molar-refractivity contribution in [2.75, 3.05) is 0 Å². The summed E-state index contributed by atoms with van der Waals surface area (Å²) in [6.45, 7) is 3.71. The summed E-state index contributed by atoms with van der Waals surface area (Å²) in [5, 5.41) is 22.0. The van der Waals surface area contributed by atoms with Crippen LogP contribution in [0.15, 0.2) is 24.4 Å². The number of nitrogens with zero attached hydrogens (tertiary/aromatic N) is 1. The Morgan fingerprint density at radius 3 is 2.71 bits per heavy atom. The van der Waals surface area contributed by atoms with Gasteiger partial charge in [0.1, 0.15) is 0 Å². The molecule has 0 spiro atoms. The maximum Gasteiger partial charge on any atom is 0.266 e. The van der Waals surface area contributed by atoms with E-state index in [1.54, 1.807) is 13.0 Å². The third-order valence-electron chi connectivity index (χ3n) is 2.42. The standard InChI is InChI=1S/C11H11NO2/c1-7-6-8(2)11(13)10-9(7)4-3-5-12(10)14/h3-6,13H,1-2H3. The van der Waals surface area contributed by atoms with Crippen LogP contribution < -0.4 is 4.73 Å². The summed E-state index contributed by atoms with van der Waals surface area (Å²) in [6, 6.07) is 5.38. The zero-order valence-electron chi connectivity index (χ0n) is 8.11. The SMILES string of the molecule is Cc1cc(C)c2ccc[n+]([O-])c2c1O. The molecule has 0 saturated heterocycles. The lowest BCUT2D eigenvalue weighted by atomic mass is 10.1. The van der Waals surface area contributed by atoms with Crippen LogP contribution in [-0.4, -0.2) is 5.11 Å². The summed E-state index contributed by atoms with van der Waals surface area (Å²) in [5.74, 6) is 0.0706. The molecule has 3 nitrogen and oxygen atoms in total. The number of phenols is 1. The van der Waals surface area contributed by atoms with Crippen LogP contribution in [0.5, 0.6) is 5.75 Å². The maximum atomic E-state index is 11.5. The minimum atomic E-state index is 0.0706. The highest BCUT2D eigenvalue weighted by molar-refractivity contribution is 5.85. The first-order valence-corrected chi connectivity index (χ1v) is 4.42. The van der Waals surface area contributed by atoms with E-state index in [1.165, 1.54) is 6.20 Å². The highest BCUT2D eigenvalue weighted by atomic mass is 16.5. The van der Waals surface area contributed by atoms with E-state index < -0.39 is 0 Å². The van der Waals surface area contributed by atoms with Crippen molar-refractivity contribution in [1.82, 2.24) is 0 Å². The fourth-order valence-electron chi connectivity index (χ4n) is 1.70. The van der Waals surface area contributed by atoms with Gasteiger partial charge >= 0.3 is 0 Å². The van der Waals surface area contributed by atoms with Crippen molar-refractivity contribution in [2.24, 2.45) is 0 Å². The van der Waals surface area contributed by atoms with Crippen LogP contribution in [0.1, 0.15) is 11.1 Å². The predicted molar refractivity (Wildman–Crippen MR) is 54.0 cm³/mol. The number of aromatic hydroxyl groups is 1. The molecule has 0 aliphatic rings. The molecular formula is C11H11NO2. The zero-order valence-corrected chi connectivity index (χ0v) is 8.11. The minimum Gasteiger partial charge on any atom is -0.618 e. The van der Waals surface area contributed by atoms with Crippen molar-refractivity contribution < 1.29 is 9.84 Å². The molecule has 0 unspecified atom stereocenters. The van der Waals surface area contributed by atoms with Crippen LogP contribution in [0.2, 0.25) is 0 Å². The van der Waals surface area contributed by atoms with Crippen molar-refractivity contribution in [3.8, 4) is 5.75 Å². The number of pyridine rings is 1. The molecule has 1 aromatic heterocycles. The first-order chi connectivity index (χ1) is 6.61. The van der Waals surface area contributed by atoms with Gasteiger partial charge in [0, 0.05) is 6.07 Å². The van der Waals surface area contributed by atoms with Gasteiger partial charge in [0.15, 0.2) is 11.9 Å². The van der Waals surface area contributed by atoms with Gasteiger partial charge in [-0.1, -0.05) is 6.07 Å². The average molecular weight is 189 g/mol. The van der Waals surface area contributed by atoms with Crippen molar-refractivity contribution >= 4 is 10.9 Å². The van der Waals surface area contributed by atoms with Gasteiger partial charge in [-0.3, -0.25) is 0 Å². The molecule has 0 fully saturated rings. The summed E-state index contributed by atoms with van der Waals surface area (Å²) in [4.78, 5) is 0. The van der Waals surface area contributed by atoms with Gasteiger partial charge in [-0.2, -0.15) is 4.73 Å². The molecule has 2 rings (SSSR count). The Labute approximate surface area is 81.8 Å². The van der Waals surface area contributed by atoms with Gasteiger partial charge in [-0.05, 0) is 31.0 Å². The van der Waals surface area contributed by atoms with Crippen molar-refractivity contribution in [2.45, 2.75) is 13.8 Å². The summed E-state index contributed by atoms with van der Waals surface area (Å²) in [7, 11) is 0. The molecule has 0 saturated carbocycles. The maximum absolute atomic E-state index is 11.5. The van der Waals surface area contributed by atoms with Crippen molar-refractivity contribution in [3.63, 3.8) is 0 Å². The lowest BCUT2D eigenvalue weighted by molar-refractivity contribution is -0.577.